The molecule has 0 aliphatic heterocycles. The first kappa shape index (κ1) is 9.93. The summed E-state index contributed by atoms with van der Waals surface area (Å²) in [6, 6.07) is 6.87. The van der Waals surface area contributed by atoms with Crippen LogP contribution in [0.2, 0.25) is 0 Å². The van der Waals surface area contributed by atoms with E-state index in [9.17, 15) is 4.79 Å². The summed E-state index contributed by atoms with van der Waals surface area (Å²) in [6.45, 7) is 0. The van der Waals surface area contributed by atoms with Gasteiger partial charge in [0, 0.05) is 17.5 Å². The second-order valence-corrected chi connectivity index (χ2v) is 3.42. The van der Waals surface area contributed by atoms with Gasteiger partial charge in [-0.3, -0.25) is 4.98 Å². The molecule has 0 fully saturated rings. The molecule has 0 saturated carbocycles. The third-order valence-corrected chi connectivity index (χ3v) is 2.50. The lowest BCUT2D eigenvalue weighted by molar-refractivity contribution is 0.0699. The third-order valence-electron chi connectivity index (χ3n) is 2.19. The highest BCUT2D eigenvalue weighted by atomic mass is 35.5. The number of alkyl halides is 1. The van der Waals surface area contributed by atoms with Gasteiger partial charge in [-0.05, 0) is 23.8 Å². The van der Waals surface area contributed by atoms with Crippen molar-refractivity contribution in [3.05, 3.63) is 41.6 Å². The number of benzene rings is 1. The highest BCUT2D eigenvalue weighted by Crippen LogP contribution is 2.19. The van der Waals surface area contributed by atoms with Gasteiger partial charge in [0.2, 0.25) is 0 Å². The molecule has 0 radical (unpaired) electrons. The quantitative estimate of drug-likeness (QED) is 0.794. The van der Waals surface area contributed by atoms with Gasteiger partial charge in [0.05, 0.1) is 11.1 Å². The molecule has 0 spiro atoms. The Morgan fingerprint density at radius 2 is 2.20 bits per heavy atom. The van der Waals surface area contributed by atoms with Crippen LogP contribution in [0.3, 0.4) is 0 Å². The Labute approximate surface area is 91.3 Å². The van der Waals surface area contributed by atoms with Crippen molar-refractivity contribution in [3.63, 3.8) is 0 Å². The number of aromatic carboxylic acids is 1. The Morgan fingerprint density at radius 1 is 1.40 bits per heavy atom. The van der Waals surface area contributed by atoms with Crippen LogP contribution in [0.5, 0.6) is 0 Å². The van der Waals surface area contributed by atoms with Crippen molar-refractivity contribution in [3.8, 4) is 0 Å². The first-order valence-corrected chi connectivity index (χ1v) is 4.92. The summed E-state index contributed by atoms with van der Waals surface area (Å²) in [5.74, 6) is -0.585. The summed E-state index contributed by atoms with van der Waals surface area (Å²) < 4.78 is 0. The van der Waals surface area contributed by atoms with Crippen molar-refractivity contribution in [2.75, 3.05) is 0 Å². The maximum atomic E-state index is 11.0. The molecule has 1 aromatic carbocycles. The fourth-order valence-electron chi connectivity index (χ4n) is 1.46. The molecule has 1 N–H and O–H groups in total. The Bertz CT molecular complexity index is 525. The van der Waals surface area contributed by atoms with E-state index in [1.807, 2.05) is 6.07 Å². The van der Waals surface area contributed by atoms with Crippen LogP contribution >= 0.6 is 11.6 Å². The van der Waals surface area contributed by atoms with Crippen LogP contribution in [0.1, 0.15) is 15.9 Å². The Hall–Kier alpha value is -1.61. The van der Waals surface area contributed by atoms with E-state index in [1.165, 1.54) is 12.3 Å². The van der Waals surface area contributed by atoms with E-state index in [4.69, 9.17) is 16.7 Å². The summed E-state index contributed by atoms with van der Waals surface area (Å²) >= 11 is 5.69. The normalized spacial score (nSPS) is 10.5. The number of pyridine rings is 1. The summed E-state index contributed by atoms with van der Waals surface area (Å²) in [5.41, 5.74) is 1.82. The van der Waals surface area contributed by atoms with Crippen molar-refractivity contribution >= 4 is 28.5 Å². The van der Waals surface area contributed by atoms with Crippen molar-refractivity contribution in [2.24, 2.45) is 0 Å². The highest BCUT2D eigenvalue weighted by Gasteiger charge is 2.08. The lowest BCUT2D eigenvalue weighted by Gasteiger charge is -2.03. The molecule has 0 saturated heterocycles. The minimum Gasteiger partial charge on any atom is -0.478 e. The van der Waals surface area contributed by atoms with E-state index in [-0.39, 0.29) is 5.56 Å². The molecule has 0 atom stereocenters. The topological polar surface area (TPSA) is 50.2 Å². The Morgan fingerprint density at radius 3 is 2.87 bits per heavy atom. The Kier molecular flexibility index (Phi) is 2.56. The number of halogens is 1. The number of fused-ring (bicyclic) bond motifs is 1. The van der Waals surface area contributed by atoms with Crippen LogP contribution in [0.4, 0.5) is 0 Å². The largest absolute Gasteiger partial charge is 0.478 e. The minimum atomic E-state index is -0.950. The zero-order valence-electron chi connectivity index (χ0n) is 7.77. The monoisotopic (exact) mass is 221 g/mol. The standard InChI is InChI=1S/C11H8ClNO2/c12-6-7-1-2-10-9(5-7)8(11(14)15)3-4-13-10/h1-5H,6H2,(H,14,15). The molecule has 76 valence electrons. The van der Waals surface area contributed by atoms with Gasteiger partial charge in [-0.25, -0.2) is 4.79 Å². The third kappa shape index (κ3) is 1.78. The zero-order valence-corrected chi connectivity index (χ0v) is 8.53. The average Bonchev–Trinajstić information content (AvgIpc) is 2.27. The van der Waals surface area contributed by atoms with Crippen LogP contribution in [-0.2, 0) is 5.88 Å². The minimum absolute atomic E-state index is 0.256. The summed E-state index contributed by atoms with van der Waals surface area (Å²) in [6.07, 6.45) is 1.49. The van der Waals surface area contributed by atoms with Crippen molar-refractivity contribution < 1.29 is 9.90 Å². The van der Waals surface area contributed by atoms with E-state index in [0.29, 0.717) is 16.8 Å². The van der Waals surface area contributed by atoms with E-state index >= 15 is 0 Å². The highest BCUT2D eigenvalue weighted by molar-refractivity contribution is 6.17. The molecule has 3 nitrogen and oxygen atoms in total. The fraction of sp³-hybridized carbons (Fsp3) is 0.0909. The number of hydrogen-bond donors (Lipinski definition) is 1. The molecule has 2 rings (SSSR count). The molecular weight excluding hydrogens is 214 g/mol. The number of nitrogens with zero attached hydrogens (tertiary/aromatic N) is 1. The van der Waals surface area contributed by atoms with E-state index in [0.717, 1.165) is 5.56 Å². The first-order valence-electron chi connectivity index (χ1n) is 4.39. The summed E-state index contributed by atoms with van der Waals surface area (Å²) in [4.78, 5) is 15.0. The van der Waals surface area contributed by atoms with Crippen LogP contribution in [0.15, 0.2) is 30.5 Å². The maximum absolute atomic E-state index is 11.0. The number of hydrogen-bond acceptors (Lipinski definition) is 2. The molecule has 0 aliphatic carbocycles. The molecular formula is C11H8ClNO2. The number of carboxylic acid groups (broad SMARTS) is 1. The number of carbonyl (C=O) groups is 1. The molecule has 0 unspecified atom stereocenters. The van der Waals surface area contributed by atoms with Crippen molar-refractivity contribution in [1.82, 2.24) is 4.98 Å². The molecule has 4 heteroatoms. The lowest BCUT2D eigenvalue weighted by atomic mass is 10.1. The van der Waals surface area contributed by atoms with Crippen LogP contribution in [0.25, 0.3) is 10.9 Å². The van der Waals surface area contributed by atoms with Gasteiger partial charge in [-0.15, -0.1) is 11.6 Å². The van der Waals surface area contributed by atoms with Gasteiger partial charge in [0.1, 0.15) is 0 Å². The molecule has 0 bridgehead atoms. The van der Waals surface area contributed by atoms with Crippen molar-refractivity contribution in [2.45, 2.75) is 5.88 Å². The molecule has 0 aliphatic rings. The number of aromatic nitrogens is 1. The van der Waals surface area contributed by atoms with Crippen molar-refractivity contribution in [1.29, 1.82) is 0 Å². The molecule has 1 aromatic heterocycles. The summed E-state index contributed by atoms with van der Waals surface area (Å²) in [7, 11) is 0. The predicted octanol–water partition coefficient (Wildman–Crippen LogP) is 2.67. The first-order chi connectivity index (χ1) is 7.22. The molecule has 15 heavy (non-hydrogen) atoms. The van der Waals surface area contributed by atoms with Gasteiger partial charge in [0.15, 0.2) is 0 Å². The van der Waals surface area contributed by atoms with E-state index in [1.54, 1.807) is 12.1 Å². The number of rotatable bonds is 2. The Balaban J connectivity index is 2.76. The molecule has 0 amide bonds. The SMILES string of the molecule is O=C(O)c1ccnc2ccc(CCl)cc12. The van der Waals surface area contributed by atoms with Crippen LogP contribution in [-0.4, -0.2) is 16.1 Å². The zero-order chi connectivity index (χ0) is 10.8. The van der Waals surface area contributed by atoms with E-state index < -0.39 is 5.97 Å². The van der Waals surface area contributed by atoms with Gasteiger partial charge >= 0.3 is 5.97 Å². The maximum Gasteiger partial charge on any atom is 0.336 e. The predicted molar refractivity (Wildman–Crippen MR) is 58.3 cm³/mol. The molecule has 2 aromatic rings. The smallest absolute Gasteiger partial charge is 0.336 e. The van der Waals surface area contributed by atoms with E-state index in [2.05, 4.69) is 4.98 Å². The van der Waals surface area contributed by atoms with Gasteiger partial charge in [-0.1, -0.05) is 6.07 Å². The van der Waals surface area contributed by atoms with Gasteiger partial charge in [0.25, 0.3) is 0 Å². The second kappa shape index (κ2) is 3.87. The van der Waals surface area contributed by atoms with Gasteiger partial charge in [-0.2, -0.15) is 0 Å². The second-order valence-electron chi connectivity index (χ2n) is 3.15. The van der Waals surface area contributed by atoms with Gasteiger partial charge < -0.3 is 5.11 Å². The average molecular weight is 222 g/mol. The lowest BCUT2D eigenvalue weighted by Crippen LogP contribution is -1.98. The summed E-state index contributed by atoms with van der Waals surface area (Å²) in [5, 5.41) is 9.61. The van der Waals surface area contributed by atoms with Crippen LogP contribution in [0, 0.1) is 0 Å². The number of carboxylic acids is 1. The van der Waals surface area contributed by atoms with Crippen LogP contribution < -0.4 is 0 Å². The molecule has 1 heterocycles. The fourth-order valence-corrected chi connectivity index (χ4v) is 1.63.